The molecule has 24 heteroatoms. The van der Waals surface area contributed by atoms with Gasteiger partial charge in [-0.15, -0.1) is 0 Å². The molecule has 10 aliphatic heterocycles. The highest BCUT2D eigenvalue weighted by Crippen LogP contribution is 2.62. The van der Waals surface area contributed by atoms with Gasteiger partial charge < -0.3 is 62.5 Å². The second-order valence-corrected chi connectivity index (χ2v) is 26.9. The fraction of sp³-hybridized carbons (Fsp3) is 0.413. The van der Waals surface area contributed by atoms with Crippen LogP contribution in [0.3, 0.4) is 0 Å². The largest absolute Gasteiger partial charge is 0.504 e. The van der Waals surface area contributed by atoms with Crippen LogP contribution in [0.4, 0.5) is 0 Å². The first kappa shape index (κ1) is 65.0. The van der Waals surface area contributed by atoms with Gasteiger partial charge in [-0.3, -0.25) is 43.7 Å². The van der Waals surface area contributed by atoms with Gasteiger partial charge >= 0.3 is 5.97 Å². The summed E-state index contributed by atoms with van der Waals surface area (Å²) in [4.78, 5) is 65.8. The molecule has 11 atom stereocenters. The first-order valence-corrected chi connectivity index (χ1v) is 33.2. The zero-order chi connectivity index (χ0) is 69.5. The summed E-state index contributed by atoms with van der Waals surface area (Å²) in [6.45, 7) is 13.1. The number of methoxy groups -OCH3 is 3. The van der Waals surface area contributed by atoms with E-state index in [1.165, 1.54) is 23.8 Å². The first-order chi connectivity index (χ1) is 47.8. The molecule has 1 unspecified atom stereocenters. The summed E-state index contributed by atoms with van der Waals surface area (Å²) in [6, 6.07) is 18.8. The molecule has 2 fully saturated rings. The smallest absolute Gasteiger partial charge is 0.308 e. The number of carbonyl (C=O) groups excluding carboxylic acids is 4. The maximum Gasteiger partial charge on any atom is 0.308 e. The summed E-state index contributed by atoms with van der Waals surface area (Å²) in [5, 5.41) is 45.3. The lowest BCUT2D eigenvalue weighted by molar-refractivity contribution is -0.132. The van der Waals surface area contributed by atoms with Crippen molar-refractivity contribution in [3.8, 4) is 69.6 Å². The molecular weight excluding hydrogens is 1270 g/mol. The molecule has 0 spiro atoms. The molecule has 24 nitrogen and oxygen atoms in total. The Morgan fingerprint density at radius 3 is 1.67 bits per heavy atom. The normalized spacial score (nSPS) is 25.5. The molecule has 6 aromatic carbocycles. The minimum Gasteiger partial charge on any atom is -0.504 e. The lowest BCUT2D eigenvalue weighted by Crippen LogP contribution is -2.69. The second kappa shape index (κ2) is 24.8. The molecule has 2 N–H and O–H groups in total. The quantitative estimate of drug-likeness (QED) is 0.0362. The number of aliphatic hydroxyl groups is 1. The molecule has 6 aromatic rings. The van der Waals surface area contributed by atoms with Gasteiger partial charge in [0.15, 0.2) is 59.0 Å². The topological polar surface area (TPSA) is 268 Å². The van der Waals surface area contributed by atoms with E-state index in [1.54, 1.807) is 68.8 Å². The summed E-state index contributed by atoms with van der Waals surface area (Å²) in [6.07, 6.45) is 2.37. The Labute approximate surface area is 572 Å². The van der Waals surface area contributed by atoms with Gasteiger partial charge in [0, 0.05) is 107 Å². The second-order valence-electron chi connectivity index (χ2n) is 26.9. The Morgan fingerprint density at radius 2 is 1.13 bits per heavy atom. The average molecular weight is 1350 g/mol. The van der Waals surface area contributed by atoms with E-state index in [0.29, 0.717) is 116 Å². The van der Waals surface area contributed by atoms with Crippen LogP contribution < -0.4 is 42.6 Å². The summed E-state index contributed by atoms with van der Waals surface area (Å²) < 4.78 is 59.9. The molecular formula is C75H76N8O16. The van der Waals surface area contributed by atoms with Crippen molar-refractivity contribution in [2.75, 3.05) is 75.5 Å². The van der Waals surface area contributed by atoms with Crippen molar-refractivity contribution < 1.29 is 76.8 Å². The lowest BCUT2D eigenvalue weighted by Gasteiger charge is -2.60. The lowest BCUT2D eigenvalue weighted by atomic mass is 9.71. The van der Waals surface area contributed by atoms with Crippen LogP contribution in [0.5, 0.6) is 57.5 Å². The van der Waals surface area contributed by atoms with Crippen LogP contribution >= 0.6 is 0 Å². The standard InChI is InChI=1S/C39H40N4O8.C36H36N4O8/c1-7-12-48-34-21(3)35-37(51-19-50-35)31-25(34)15-27-32-30-22(13-20(2)33(47-6)36(30)49-18-46-5)14-26(41(32)4)28(16-40)43(27)29(31)17-42-38(44)23-10-8-9-11-24(23)39(42)45;1-16-10-19-11-23-25(13-37)40-24(29(38(23)4)27(19)30(42)31(16)45-5)12-22-28(34-33(46-15-47-34)17(2)32(22)48-18(3)41)26(40)14-39-35(43)20-8-6-7-9-21(20)36(39)44/h7-11,13,26-29,32H,1,12,14-15,17-19H2,2-6H3;6-10,23-26,29,35,42-43H,11-12,14-15H2,1-5H3/t26-,27-,28-,29-,32-;23-,24-,25-,26-,29-,35?/m00/s1. The fourth-order valence-electron chi connectivity index (χ4n) is 18.2. The van der Waals surface area contributed by atoms with Crippen molar-refractivity contribution in [2.24, 2.45) is 0 Å². The van der Waals surface area contributed by atoms with Crippen LogP contribution in [0.25, 0.3) is 0 Å². The van der Waals surface area contributed by atoms with Gasteiger partial charge in [-0.25, -0.2) is 0 Å². The van der Waals surface area contributed by atoms with Crippen LogP contribution in [0.15, 0.2) is 73.3 Å². The molecule has 0 aliphatic carbocycles. The number of imide groups is 1. The summed E-state index contributed by atoms with van der Waals surface area (Å²) in [5.74, 6) is 3.14. The van der Waals surface area contributed by atoms with Crippen molar-refractivity contribution in [3.63, 3.8) is 0 Å². The molecule has 10 heterocycles. The van der Waals surface area contributed by atoms with Gasteiger partial charge in [0.05, 0.1) is 61.7 Å². The molecule has 0 saturated carbocycles. The first-order valence-electron chi connectivity index (χ1n) is 33.2. The van der Waals surface area contributed by atoms with E-state index in [0.717, 1.165) is 50.1 Å². The number of benzene rings is 6. The number of hydrogen-bond acceptors (Lipinski definition) is 22. The molecule has 10 aliphatic rings. The average Bonchev–Trinajstić information content (AvgIpc) is 1.27. The van der Waals surface area contributed by atoms with Gasteiger partial charge in [0.2, 0.25) is 13.6 Å². The monoisotopic (exact) mass is 1340 g/mol. The summed E-state index contributed by atoms with van der Waals surface area (Å²) >= 11 is 0. The number of fused-ring (bicyclic) bond motifs is 20. The number of nitriles is 2. The van der Waals surface area contributed by atoms with Gasteiger partial charge in [0.1, 0.15) is 30.2 Å². The van der Waals surface area contributed by atoms with E-state index in [9.17, 15) is 39.9 Å². The van der Waals surface area contributed by atoms with Crippen molar-refractivity contribution in [3.05, 3.63) is 162 Å². The Balaban J connectivity index is 0.000000162. The third-order valence-corrected chi connectivity index (χ3v) is 22.1. The number of phenolic OH excluding ortho intramolecular Hbond substituents is 1. The highest BCUT2D eigenvalue weighted by atomic mass is 16.7. The number of aromatic hydroxyl groups is 1. The molecule has 3 amide bonds. The van der Waals surface area contributed by atoms with E-state index in [2.05, 4.69) is 51.4 Å². The number of esters is 1. The maximum atomic E-state index is 13.9. The van der Waals surface area contributed by atoms with E-state index in [-0.39, 0.29) is 87.7 Å². The Hall–Kier alpha value is -9.92. The number of phenols is 1. The van der Waals surface area contributed by atoms with Crippen molar-refractivity contribution in [1.82, 2.24) is 29.4 Å². The molecule has 4 bridgehead atoms. The van der Waals surface area contributed by atoms with E-state index < -0.39 is 48.4 Å². The molecule has 512 valence electrons. The third-order valence-electron chi connectivity index (χ3n) is 22.1. The number of ether oxygens (including phenoxy) is 10. The van der Waals surface area contributed by atoms with E-state index >= 15 is 0 Å². The fourth-order valence-corrected chi connectivity index (χ4v) is 18.2. The van der Waals surface area contributed by atoms with E-state index in [4.69, 9.17) is 47.4 Å². The Kier molecular flexibility index (Phi) is 16.3. The van der Waals surface area contributed by atoms with Crippen LogP contribution in [-0.2, 0) is 35.2 Å². The van der Waals surface area contributed by atoms with Crippen molar-refractivity contribution in [2.45, 2.75) is 127 Å². The number of aliphatic hydroxyl groups excluding tert-OH is 1. The molecule has 16 rings (SSSR count). The number of nitrogens with zero attached hydrogens (tertiary/aromatic N) is 8. The Morgan fingerprint density at radius 1 is 0.626 bits per heavy atom. The van der Waals surface area contributed by atoms with Gasteiger partial charge in [-0.2, -0.15) is 10.5 Å². The summed E-state index contributed by atoms with van der Waals surface area (Å²) in [5.41, 5.74) is 11.5. The predicted octanol–water partition coefficient (Wildman–Crippen LogP) is 8.25. The number of rotatable bonds is 13. The van der Waals surface area contributed by atoms with Gasteiger partial charge in [0.25, 0.3) is 17.7 Å². The van der Waals surface area contributed by atoms with Crippen LogP contribution in [0.1, 0.15) is 141 Å². The number of carbonyl (C=O) groups is 4. The highest BCUT2D eigenvalue weighted by molar-refractivity contribution is 6.21. The maximum absolute atomic E-state index is 13.9. The van der Waals surface area contributed by atoms with Crippen LogP contribution in [0.2, 0.25) is 0 Å². The van der Waals surface area contributed by atoms with Gasteiger partial charge in [-0.05, 0) is 108 Å². The predicted molar refractivity (Wildman–Crippen MR) is 354 cm³/mol. The minimum atomic E-state index is -1.20. The molecule has 99 heavy (non-hydrogen) atoms. The molecule has 0 radical (unpaired) electrons. The minimum absolute atomic E-state index is 0.00590. The highest BCUT2D eigenvalue weighted by Gasteiger charge is 2.60. The van der Waals surface area contributed by atoms with E-state index in [1.807, 2.05) is 40.8 Å². The zero-order valence-corrected chi connectivity index (χ0v) is 56.7. The van der Waals surface area contributed by atoms with Crippen molar-refractivity contribution in [1.29, 1.82) is 10.5 Å². The SMILES string of the molecule is C=CCOc1c(C)c2c(c3c1C[C@H]1[C@H]4c5c(cc(C)c(OC)c5OCOC)C[C@@H]([C@H](C#N)N1[C@H]3CN1C(=O)c3ccccc3C1=O)N4C)OCO2.COc1c(C)cc2c(c1O)[C@@H]1[C@@H]3Cc4c(OC(C)=O)c(C)c5c(c4[C@H](CN4C(=O)c6ccccc6C4O)N3[C@@H](C#N)[C@H](C2)N1C)OCO5. The van der Waals surface area contributed by atoms with Gasteiger partial charge in [-0.1, -0.05) is 55.1 Å². The number of hydrogen-bond donors (Lipinski definition) is 2. The zero-order valence-electron chi connectivity index (χ0n) is 56.7. The molecule has 2 saturated heterocycles. The van der Waals surface area contributed by atoms with Crippen LogP contribution in [0, 0.1) is 50.4 Å². The Bertz CT molecular complexity index is 4510. The number of aryl methyl sites for hydroxylation is 2. The number of amides is 3. The van der Waals surface area contributed by atoms with Crippen molar-refractivity contribution >= 4 is 23.7 Å². The molecule has 0 aromatic heterocycles. The number of likely N-dealkylation sites (N-methyl/N-ethyl adjacent to an activating group) is 2. The van der Waals surface area contributed by atoms with Crippen LogP contribution in [-0.4, -0.2) is 175 Å². The summed E-state index contributed by atoms with van der Waals surface area (Å²) in [7, 11) is 8.77. The third kappa shape index (κ3) is 9.65. The number of piperazine rings is 2.